The van der Waals surface area contributed by atoms with Gasteiger partial charge >= 0.3 is 5.69 Å². The summed E-state index contributed by atoms with van der Waals surface area (Å²) in [5, 5.41) is 15.5. The summed E-state index contributed by atoms with van der Waals surface area (Å²) in [6.45, 7) is 4.27. The largest absolute Gasteiger partial charge is 0.336 e. The van der Waals surface area contributed by atoms with E-state index in [-0.39, 0.29) is 11.6 Å². The molecular weight excluding hydrogens is 418 g/mol. The van der Waals surface area contributed by atoms with E-state index in [1.165, 1.54) is 22.6 Å². The molecule has 0 aliphatic carbocycles. The zero-order valence-electron chi connectivity index (χ0n) is 16.9. The fraction of sp³-hybridized carbons (Fsp3) is 0.273. The van der Waals surface area contributed by atoms with E-state index < -0.39 is 4.92 Å². The summed E-state index contributed by atoms with van der Waals surface area (Å²) in [6.07, 6.45) is 2.62. The summed E-state index contributed by atoms with van der Waals surface area (Å²) in [5.41, 5.74) is 2.73. The number of hydrogen-bond donors (Lipinski definition) is 0. The molecule has 0 atom stereocenters. The number of carbonyl (C=O) groups excluding carboxylic acids is 1. The van der Waals surface area contributed by atoms with Crippen molar-refractivity contribution in [2.24, 2.45) is 0 Å². The average Bonchev–Trinajstić information content (AvgIpc) is 3.25. The Labute approximate surface area is 184 Å². The summed E-state index contributed by atoms with van der Waals surface area (Å²) >= 11 is 5.94. The quantitative estimate of drug-likeness (QED) is 0.434. The van der Waals surface area contributed by atoms with Crippen molar-refractivity contribution < 1.29 is 9.72 Å². The second-order valence-electron chi connectivity index (χ2n) is 7.54. The Balaban J connectivity index is 1.30. The van der Waals surface area contributed by atoms with Crippen LogP contribution < -0.4 is 0 Å². The molecular formula is C22H22ClN5O3. The first-order valence-electron chi connectivity index (χ1n) is 10.00. The molecule has 1 aliphatic rings. The fourth-order valence-corrected chi connectivity index (χ4v) is 3.74. The zero-order valence-corrected chi connectivity index (χ0v) is 17.6. The minimum atomic E-state index is -0.472. The highest BCUT2D eigenvalue weighted by molar-refractivity contribution is 6.30. The first-order chi connectivity index (χ1) is 15.0. The highest BCUT2D eigenvalue weighted by atomic mass is 35.5. The molecule has 1 aliphatic heterocycles. The summed E-state index contributed by atoms with van der Waals surface area (Å²) in [7, 11) is 0. The predicted molar refractivity (Wildman–Crippen MR) is 117 cm³/mol. The van der Waals surface area contributed by atoms with Gasteiger partial charge in [0.25, 0.3) is 5.91 Å². The number of benzene rings is 2. The van der Waals surface area contributed by atoms with Crippen LogP contribution in [0.25, 0.3) is 0 Å². The van der Waals surface area contributed by atoms with Gasteiger partial charge in [0.1, 0.15) is 12.4 Å². The van der Waals surface area contributed by atoms with Crippen LogP contribution in [-0.2, 0) is 13.1 Å². The Hall–Kier alpha value is -3.23. The molecule has 1 saturated heterocycles. The molecule has 1 amide bonds. The van der Waals surface area contributed by atoms with Crippen molar-refractivity contribution in [3.63, 3.8) is 0 Å². The fourth-order valence-electron chi connectivity index (χ4n) is 3.61. The smallest absolute Gasteiger partial charge is 0.307 e. The van der Waals surface area contributed by atoms with Crippen LogP contribution in [0.5, 0.6) is 0 Å². The van der Waals surface area contributed by atoms with Crippen LogP contribution in [0.2, 0.25) is 5.02 Å². The molecule has 0 saturated carbocycles. The predicted octanol–water partition coefficient (Wildman–Crippen LogP) is 3.45. The lowest BCUT2D eigenvalue weighted by Gasteiger charge is -2.34. The van der Waals surface area contributed by atoms with Crippen LogP contribution in [0.3, 0.4) is 0 Å². The van der Waals surface area contributed by atoms with Crippen molar-refractivity contribution in [3.8, 4) is 0 Å². The topological polar surface area (TPSA) is 84.5 Å². The van der Waals surface area contributed by atoms with Crippen molar-refractivity contribution in [1.82, 2.24) is 19.6 Å². The van der Waals surface area contributed by atoms with Crippen LogP contribution >= 0.6 is 11.6 Å². The molecule has 31 heavy (non-hydrogen) atoms. The average molecular weight is 440 g/mol. The lowest BCUT2D eigenvalue weighted by atomic mass is 10.1. The van der Waals surface area contributed by atoms with Crippen molar-refractivity contribution in [2.75, 3.05) is 26.2 Å². The van der Waals surface area contributed by atoms with Crippen LogP contribution in [-0.4, -0.2) is 56.6 Å². The highest BCUT2D eigenvalue weighted by Gasteiger charge is 2.22. The normalized spacial score (nSPS) is 14.5. The highest BCUT2D eigenvalue weighted by Crippen LogP contribution is 2.15. The molecule has 9 heteroatoms. The van der Waals surface area contributed by atoms with Gasteiger partial charge in [-0.05, 0) is 35.4 Å². The molecule has 0 spiro atoms. The van der Waals surface area contributed by atoms with Crippen LogP contribution in [0.1, 0.15) is 21.5 Å². The van der Waals surface area contributed by atoms with Gasteiger partial charge in [-0.1, -0.05) is 35.9 Å². The van der Waals surface area contributed by atoms with Crippen LogP contribution in [0.4, 0.5) is 5.69 Å². The van der Waals surface area contributed by atoms with Gasteiger partial charge in [-0.25, -0.2) is 0 Å². The van der Waals surface area contributed by atoms with Gasteiger partial charge in [0.2, 0.25) is 0 Å². The van der Waals surface area contributed by atoms with Crippen molar-refractivity contribution in [2.45, 2.75) is 13.1 Å². The van der Waals surface area contributed by atoms with Crippen molar-refractivity contribution >= 4 is 23.2 Å². The number of aromatic nitrogens is 2. The molecule has 1 fully saturated rings. The monoisotopic (exact) mass is 439 g/mol. The third-order valence-corrected chi connectivity index (χ3v) is 5.61. The lowest BCUT2D eigenvalue weighted by Crippen LogP contribution is -2.48. The van der Waals surface area contributed by atoms with Crippen molar-refractivity contribution in [1.29, 1.82) is 0 Å². The number of piperazine rings is 1. The number of nitrogens with zero attached hydrogens (tertiary/aromatic N) is 5. The number of rotatable bonds is 6. The van der Waals surface area contributed by atoms with E-state index in [4.69, 9.17) is 11.6 Å². The third-order valence-electron chi connectivity index (χ3n) is 5.35. The maximum atomic E-state index is 12.9. The molecule has 3 aromatic rings. The second kappa shape index (κ2) is 9.28. The Bertz CT molecular complexity index is 1060. The van der Waals surface area contributed by atoms with E-state index in [2.05, 4.69) is 10.00 Å². The molecule has 4 rings (SSSR count). The second-order valence-corrected chi connectivity index (χ2v) is 7.98. The summed E-state index contributed by atoms with van der Waals surface area (Å²) in [6, 6.07) is 15.2. The minimum Gasteiger partial charge on any atom is -0.336 e. The zero-order chi connectivity index (χ0) is 21.8. The van der Waals surface area contributed by atoms with Gasteiger partial charge in [0, 0.05) is 43.3 Å². The molecule has 0 bridgehead atoms. The molecule has 2 heterocycles. The minimum absolute atomic E-state index is 0.0208. The maximum absolute atomic E-state index is 12.9. The summed E-state index contributed by atoms with van der Waals surface area (Å²) < 4.78 is 1.51. The van der Waals surface area contributed by atoms with Gasteiger partial charge in [0.05, 0.1) is 11.5 Å². The summed E-state index contributed by atoms with van der Waals surface area (Å²) in [5.74, 6) is 0.0208. The van der Waals surface area contributed by atoms with E-state index in [0.29, 0.717) is 25.2 Å². The molecule has 0 unspecified atom stereocenters. The number of halogens is 1. The number of carbonyl (C=O) groups is 1. The molecule has 0 radical (unpaired) electrons. The molecule has 0 N–H and O–H groups in total. The molecule has 8 nitrogen and oxygen atoms in total. The van der Waals surface area contributed by atoms with E-state index >= 15 is 0 Å². The van der Waals surface area contributed by atoms with E-state index in [1.54, 1.807) is 12.1 Å². The molecule has 160 valence electrons. The Kier molecular flexibility index (Phi) is 6.29. The first-order valence-corrected chi connectivity index (χ1v) is 10.4. The number of nitro groups is 1. The van der Waals surface area contributed by atoms with Gasteiger partial charge < -0.3 is 4.90 Å². The standard InChI is InChI=1S/C22H22ClN5O3/c23-20-7-3-17(4-8-20)14-25-9-11-26(12-10-25)22(29)19-5-1-18(2-6-19)15-27-16-21(13-24-27)28(30)31/h1-8,13,16H,9-12,14-15H2. The van der Waals surface area contributed by atoms with Crippen LogP contribution in [0.15, 0.2) is 60.9 Å². The van der Waals surface area contributed by atoms with Gasteiger partial charge in [-0.3, -0.25) is 24.5 Å². The van der Waals surface area contributed by atoms with E-state index in [1.807, 2.05) is 41.3 Å². The first kappa shape index (κ1) is 21.0. The number of hydrogen-bond acceptors (Lipinski definition) is 5. The maximum Gasteiger partial charge on any atom is 0.307 e. The van der Waals surface area contributed by atoms with Gasteiger partial charge in [-0.15, -0.1) is 0 Å². The third kappa shape index (κ3) is 5.28. The van der Waals surface area contributed by atoms with Crippen LogP contribution in [0, 0.1) is 10.1 Å². The Morgan fingerprint density at radius 2 is 1.58 bits per heavy atom. The summed E-state index contributed by atoms with van der Waals surface area (Å²) in [4.78, 5) is 27.4. The van der Waals surface area contributed by atoms with Crippen molar-refractivity contribution in [3.05, 3.63) is 92.8 Å². The van der Waals surface area contributed by atoms with E-state index in [0.717, 1.165) is 30.2 Å². The van der Waals surface area contributed by atoms with E-state index in [9.17, 15) is 14.9 Å². The molecule has 2 aromatic carbocycles. The lowest BCUT2D eigenvalue weighted by molar-refractivity contribution is -0.385. The molecule has 1 aromatic heterocycles. The SMILES string of the molecule is O=C(c1ccc(Cn2cc([N+](=O)[O-])cn2)cc1)N1CCN(Cc2ccc(Cl)cc2)CC1. The Morgan fingerprint density at radius 1 is 0.968 bits per heavy atom. The van der Waals surface area contributed by atoms with Gasteiger partial charge in [-0.2, -0.15) is 5.10 Å². The van der Waals surface area contributed by atoms with Gasteiger partial charge in [0.15, 0.2) is 0 Å². The number of amides is 1. The Morgan fingerprint density at radius 3 is 2.19 bits per heavy atom.